The molecule has 0 bridgehead atoms. The number of piperazine rings is 1. The first-order valence-electron chi connectivity index (χ1n) is 10.1. The van der Waals surface area contributed by atoms with Gasteiger partial charge in [0.05, 0.1) is 30.7 Å². The van der Waals surface area contributed by atoms with Crippen LogP contribution in [0, 0.1) is 0 Å². The van der Waals surface area contributed by atoms with E-state index in [4.69, 9.17) is 4.74 Å². The smallest absolute Gasteiger partial charge is 0.337 e. The summed E-state index contributed by atoms with van der Waals surface area (Å²) < 4.78 is 32.0. The molecule has 0 unspecified atom stereocenters. The van der Waals surface area contributed by atoms with E-state index in [0.29, 0.717) is 11.3 Å². The number of hydrogen-bond acceptors (Lipinski definition) is 6. The largest absolute Gasteiger partial charge is 0.465 e. The first kappa shape index (κ1) is 25.1. The highest BCUT2D eigenvalue weighted by molar-refractivity contribution is 7.92. The molecule has 1 saturated heterocycles. The Morgan fingerprint density at radius 1 is 1.10 bits per heavy atom. The number of esters is 1. The first-order valence-corrected chi connectivity index (χ1v) is 11.7. The average molecular weight is 468 g/mol. The number of hydrogen-bond donors (Lipinski definition) is 1. The molecule has 1 aliphatic heterocycles. The maximum Gasteiger partial charge on any atom is 0.337 e. The van der Waals surface area contributed by atoms with Gasteiger partial charge in [-0.2, -0.15) is 0 Å². The van der Waals surface area contributed by atoms with Gasteiger partial charge in [-0.05, 0) is 42.3 Å². The molecule has 2 aromatic carbocycles. The molecule has 31 heavy (non-hydrogen) atoms. The zero-order valence-corrected chi connectivity index (χ0v) is 19.5. The van der Waals surface area contributed by atoms with Crippen LogP contribution >= 0.6 is 12.4 Å². The Bertz CT molecular complexity index is 978. The molecule has 1 N–H and O–H groups in total. The van der Waals surface area contributed by atoms with E-state index >= 15 is 0 Å². The Kier molecular flexibility index (Phi) is 9.31. The van der Waals surface area contributed by atoms with Crippen molar-refractivity contribution in [2.75, 3.05) is 43.3 Å². The lowest BCUT2D eigenvalue weighted by atomic mass is 10.1. The minimum Gasteiger partial charge on any atom is -0.465 e. The van der Waals surface area contributed by atoms with Gasteiger partial charge in [0.2, 0.25) is 10.0 Å². The van der Waals surface area contributed by atoms with Crippen LogP contribution < -0.4 is 9.62 Å². The number of benzene rings is 2. The van der Waals surface area contributed by atoms with Gasteiger partial charge in [0.25, 0.3) is 0 Å². The number of nitrogens with one attached hydrogen (secondary N) is 1. The molecule has 1 fully saturated rings. The molecule has 170 valence electrons. The number of carbonyl (C=O) groups is 1. The molecule has 1 aliphatic rings. The fourth-order valence-electron chi connectivity index (χ4n) is 3.52. The van der Waals surface area contributed by atoms with Crippen molar-refractivity contribution in [1.82, 2.24) is 10.2 Å². The van der Waals surface area contributed by atoms with Crippen molar-refractivity contribution in [2.45, 2.75) is 20.0 Å². The Labute approximate surface area is 190 Å². The van der Waals surface area contributed by atoms with Crippen LogP contribution in [0.5, 0.6) is 0 Å². The minimum atomic E-state index is -3.51. The van der Waals surface area contributed by atoms with Crippen LogP contribution in [0.4, 0.5) is 5.69 Å². The molecule has 0 aromatic heterocycles. The summed E-state index contributed by atoms with van der Waals surface area (Å²) in [5.74, 6) is -0.453. The third-order valence-corrected chi connectivity index (χ3v) is 6.93. The number of halogens is 1. The lowest BCUT2D eigenvalue weighted by Gasteiger charge is -2.28. The highest BCUT2D eigenvalue weighted by atomic mass is 35.5. The molecule has 1 heterocycles. The third kappa shape index (κ3) is 6.67. The summed E-state index contributed by atoms with van der Waals surface area (Å²) >= 11 is 0. The van der Waals surface area contributed by atoms with Gasteiger partial charge in [-0.3, -0.25) is 9.21 Å². The molecular weight excluding hydrogens is 438 g/mol. The van der Waals surface area contributed by atoms with E-state index in [1.54, 1.807) is 25.1 Å². The molecule has 0 atom stereocenters. The number of nitrogens with zero attached hydrogens (tertiary/aromatic N) is 2. The zero-order valence-electron chi connectivity index (χ0n) is 17.9. The second-order valence-corrected chi connectivity index (χ2v) is 9.48. The number of methoxy groups -OCH3 is 1. The molecule has 0 aliphatic carbocycles. The predicted molar refractivity (Wildman–Crippen MR) is 125 cm³/mol. The third-order valence-electron chi connectivity index (χ3n) is 5.19. The second kappa shape index (κ2) is 11.5. The first-order chi connectivity index (χ1) is 14.4. The molecule has 0 spiro atoms. The van der Waals surface area contributed by atoms with Gasteiger partial charge < -0.3 is 10.1 Å². The summed E-state index contributed by atoms with van der Waals surface area (Å²) in [6.07, 6.45) is 0. The molecular formula is C22H30ClN3O4S. The lowest BCUT2D eigenvalue weighted by Crippen LogP contribution is -2.42. The van der Waals surface area contributed by atoms with Crippen molar-refractivity contribution in [3.05, 3.63) is 65.2 Å². The van der Waals surface area contributed by atoms with E-state index in [9.17, 15) is 13.2 Å². The topological polar surface area (TPSA) is 79.0 Å². The van der Waals surface area contributed by atoms with Crippen LogP contribution in [0.1, 0.15) is 28.4 Å². The normalized spacial score (nSPS) is 14.5. The van der Waals surface area contributed by atoms with Crippen molar-refractivity contribution in [1.29, 1.82) is 0 Å². The highest BCUT2D eigenvalue weighted by Crippen LogP contribution is 2.24. The van der Waals surface area contributed by atoms with Crippen LogP contribution in [0.25, 0.3) is 0 Å². The minimum absolute atomic E-state index is 0. The van der Waals surface area contributed by atoms with E-state index in [-0.39, 0.29) is 24.7 Å². The van der Waals surface area contributed by atoms with Crippen LogP contribution in [-0.4, -0.2) is 58.3 Å². The summed E-state index contributed by atoms with van der Waals surface area (Å²) in [5.41, 5.74) is 2.83. The van der Waals surface area contributed by atoms with E-state index in [0.717, 1.165) is 43.9 Å². The lowest BCUT2D eigenvalue weighted by molar-refractivity contribution is 0.0600. The molecule has 0 radical (unpaired) electrons. The van der Waals surface area contributed by atoms with Gasteiger partial charge in [-0.25, -0.2) is 13.2 Å². The van der Waals surface area contributed by atoms with E-state index in [2.05, 4.69) is 10.2 Å². The standard InChI is InChI=1S/C22H29N3O4S.ClH/c1-3-30(27,28)25(17-18-6-4-8-20(14-18)22(26)29-2)21-9-5-7-19(15-21)16-24-12-10-23-11-13-24;/h4-9,14-15,23H,3,10-13,16-17H2,1-2H3;1H. The van der Waals surface area contributed by atoms with Crippen LogP contribution in [0.2, 0.25) is 0 Å². The maximum atomic E-state index is 12.9. The van der Waals surface area contributed by atoms with Crippen molar-refractivity contribution >= 4 is 34.1 Å². The molecule has 7 nitrogen and oxygen atoms in total. The Hall–Kier alpha value is -2.13. The molecule has 2 aromatic rings. The quantitative estimate of drug-likeness (QED) is 0.601. The van der Waals surface area contributed by atoms with Crippen molar-refractivity contribution < 1.29 is 17.9 Å². The number of rotatable bonds is 8. The predicted octanol–water partition coefficient (Wildman–Crippen LogP) is 2.66. The monoisotopic (exact) mass is 467 g/mol. The number of anilines is 1. The summed E-state index contributed by atoms with van der Waals surface area (Å²) in [6, 6.07) is 14.6. The summed E-state index contributed by atoms with van der Waals surface area (Å²) in [7, 11) is -2.18. The SMILES string of the molecule is CCS(=O)(=O)N(Cc1cccc(C(=O)OC)c1)c1cccc(CN2CCNCC2)c1.Cl. The van der Waals surface area contributed by atoms with Crippen LogP contribution in [0.15, 0.2) is 48.5 Å². The van der Waals surface area contributed by atoms with Gasteiger partial charge in [0, 0.05) is 32.7 Å². The maximum absolute atomic E-state index is 12.9. The summed E-state index contributed by atoms with van der Waals surface area (Å²) in [4.78, 5) is 14.2. The molecule has 3 rings (SSSR count). The van der Waals surface area contributed by atoms with E-state index in [1.807, 2.05) is 30.3 Å². The van der Waals surface area contributed by atoms with Crippen LogP contribution in [-0.2, 0) is 27.8 Å². The fraction of sp³-hybridized carbons (Fsp3) is 0.409. The Balaban J connectivity index is 0.00000341. The highest BCUT2D eigenvalue weighted by Gasteiger charge is 2.22. The number of ether oxygens (including phenoxy) is 1. The Morgan fingerprint density at radius 3 is 2.45 bits per heavy atom. The van der Waals surface area contributed by atoms with Crippen molar-refractivity contribution in [3.63, 3.8) is 0 Å². The van der Waals surface area contributed by atoms with Gasteiger partial charge in [0.15, 0.2) is 0 Å². The zero-order chi connectivity index (χ0) is 21.6. The van der Waals surface area contributed by atoms with E-state index < -0.39 is 16.0 Å². The van der Waals surface area contributed by atoms with E-state index in [1.165, 1.54) is 11.4 Å². The molecule has 9 heteroatoms. The van der Waals surface area contributed by atoms with Crippen molar-refractivity contribution in [3.8, 4) is 0 Å². The number of sulfonamides is 1. The summed E-state index contributed by atoms with van der Waals surface area (Å²) in [6.45, 7) is 6.45. The van der Waals surface area contributed by atoms with Gasteiger partial charge >= 0.3 is 5.97 Å². The van der Waals surface area contributed by atoms with Gasteiger partial charge in [-0.15, -0.1) is 12.4 Å². The van der Waals surface area contributed by atoms with Gasteiger partial charge in [0.1, 0.15) is 0 Å². The van der Waals surface area contributed by atoms with Crippen molar-refractivity contribution in [2.24, 2.45) is 0 Å². The fourth-order valence-corrected chi connectivity index (χ4v) is 4.62. The second-order valence-electron chi connectivity index (χ2n) is 7.30. The molecule has 0 saturated carbocycles. The Morgan fingerprint density at radius 2 is 1.77 bits per heavy atom. The summed E-state index contributed by atoms with van der Waals surface area (Å²) in [5, 5.41) is 3.34. The van der Waals surface area contributed by atoms with Crippen LogP contribution in [0.3, 0.4) is 0 Å². The number of carbonyl (C=O) groups excluding carboxylic acids is 1. The molecule has 0 amide bonds. The van der Waals surface area contributed by atoms with Gasteiger partial charge in [-0.1, -0.05) is 24.3 Å². The average Bonchev–Trinajstić information content (AvgIpc) is 2.78.